The lowest BCUT2D eigenvalue weighted by molar-refractivity contribution is 0.152. The van der Waals surface area contributed by atoms with Crippen LogP contribution in [0.3, 0.4) is 0 Å². The molecule has 0 spiro atoms. The zero-order valence-electron chi connectivity index (χ0n) is 10.2. The normalized spacial score (nSPS) is 20.0. The molecule has 1 aromatic rings. The Kier molecular flexibility index (Phi) is 3.64. The quantitative estimate of drug-likeness (QED) is 0.856. The molecular weight excluding hydrogens is 214 g/mol. The Morgan fingerprint density at radius 3 is 2.76 bits per heavy atom. The minimum atomic E-state index is 0.0682. The Hall–Kier alpha value is -1.54. The summed E-state index contributed by atoms with van der Waals surface area (Å²) in [6.07, 6.45) is 4.92. The fourth-order valence-corrected chi connectivity index (χ4v) is 2.45. The van der Waals surface area contributed by atoms with Gasteiger partial charge in [0.15, 0.2) is 0 Å². The SMILES string of the molecule is CCC(C#N)N1CCC(n2ccc(N)n2)CC1. The lowest BCUT2D eigenvalue weighted by Gasteiger charge is -2.34. The van der Waals surface area contributed by atoms with Crippen LogP contribution in [0.4, 0.5) is 5.82 Å². The zero-order valence-corrected chi connectivity index (χ0v) is 10.2. The van der Waals surface area contributed by atoms with Gasteiger partial charge in [0.2, 0.25) is 0 Å². The third-order valence-electron chi connectivity index (χ3n) is 3.48. The van der Waals surface area contributed by atoms with Crippen LogP contribution in [0, 0.1) is 11.3 Å². The van der Waals surface area contributed by atoms with E-state index in [4.69, 9.17) is 11.0 Å². The van der Waals surface area contributed by atoms with Gasteiger partial charge in [-0.3, -0.25) is 9.58 Å². The second-order valence-electron chi connectivity index (χ2n) is 4.54. The average Bonchev–Trinajstić information content (AvgIpc) is 2.78. The first-order chi connectivity index (χ1) is 8.24. The Labute approximate surface area is 102 Å². The van der Waals surface area contributed by atoms with E-state index in [1.807, 2.05) is 16.9 Å². The number of likely N-dealkylation sites (tertiary alicyclic amines) is 1. The van der Waals surface area contributed by atoms with E-state index in [1.165, 1.54) is 0 Å². The molecule has 1 aliphatic rings. The highest BCUT2D eigenvalue weighted by Crippen LogP contribution is 2.23. The molecule has 0 saturated carbocycles. The van der Waals surface area contributed by atoms with Crippen LogP contribution in [0.5, 0.6) is 0 Å². The molecular formula is C12H19N5. The number of piperidine rings is 1. The summed E-state index contributed by atoms with van der Waals surface area (Å²) in [4.78, 5) is 2.27. The molecule has 0 aliphatic carbocycles. The molecule has 1 saturated heterocycles. The molecule has 0 amide bonds. The first kappa shape index (κ1) is 11.9. The van der Waals surface area contributed by atoms with Crippen molar-refractivity contribution in [3.63, 3.8) is 0 Å². The van der Waals surface area contributed by atoms with E-state index >= 15 is 0 Å². The predicted molar refractivity (Wildman–Crippen MR) is 66.2 cm³/mol. The maximum Gasteiger partial charge on any atom is 0.145 e. The minimum Gasteiger partial charge on any atom is -0.382 e. The smallest absolute Gasteiger partial charge is 0.145 e. The number of hydrogen-bond donors (Lipinski definition) is 1. The highest BCUT2D eigenvalue weighted by molar-refractivity contribution is 5.24. The van der Waals surface area contributed by atoms with Crippen LogP contribution >= 0.6 is 0 Å². The van der Waals surface area contributed by atoms with Crippen LogP contribution in [-0.2, 0) is 0 Å². The third-order valence-corrected chi connectivity index (χ3v) is 3.48. The van der Waals surface area contributed by atoms with E-state index in [2.05, 4.69) is 23.0 Å². The van der Waals surface area contributed by atoms with Crippen molar-refractivity contribution in [2.75, 3.05) is 18.8 Å². The predicted octanol–water partition coefficient (Wildman–Crippen LogP) is 1.40. The summed E-state index contributed by atoms with van der Waals surface area (Å²) < 4.78 is 1.96. The van der Waals surface area contributed by atoms with Gasteiger partial charge in [-0.15, -0.1) is 0 Å². The second kappa shape index (κ2) is 5.19. The molecule has 2 N–H and O–H groups in total. The number of hydrogen-bond acceptors (Lipinski definition) is 4. The van der Waals surface area contributed by atoms with Gasteiger partial charge in [-0.05, 0) is 25.3 Å². The minimum absolute atomic E-state index is 0.0682. The van der Waals surface area contributed by atoms with Gasteiger partial charge >= 0.3 is 0 Å². The number of nitrogens with zero attached hydrogens (tertiary/aromatic N) is 4. The molecule has 1 aromatic heterocycles. The molecule has 1 fully saturated rings. The van der Waals surface area contributed by atoms with Crippen molar-refractivity contribution in [1.82, 2.24) is 14.7 Å². The van der Waals surface area contributed by atoms with Crippen molar-refractivity contribution < 1.29 is 0 Å². The number of nitrogen functional groups attached to an aromatic ring is 1. The monoisotopic (exact) mass is 233 g/mol. The number of aromatic nitrogens is 2. The van der Waals surface area contributed by atoms with Crippen LogP contribution in [0.2, 0.25) is 0 Å². The fraction of sp³-hybridized carbons (Fsp3) is 0.667. The maximum absolute atomic E-state index is 9.04. The van der Waals surface area contributed by atoms with E-state index in [-0.39, 0.29) is 6.04 Å². The number of rotatable bonds is 3. The summed E-state index contributed by atoms with van der Waals surface area (Å²) in [6, 6.07) is 4.69. The van der Waals surface area contributed by atoms with Crippen LogP contribution in [-0.4, -0.2) is 33.8 Å². The summed E-state index contributed by atoms with van der Waals surface area (Å²) >= 11 is 0. The second-order valence-corrected chi connectivity index (χ2v) is 4.54. The van der Waals surface area contributed by atoms with Crippen molar-refractivity contribution >= 4 is 5.82 Å². The Balaban J connectivity index is 1.92. The molecule has 0 aromatic carbocycles. The Bertz CT molecular complexity index is 397. The summed E-state index contributed by atoms with van der Waals surface area (Å²) in [5.74, 6) is 0.580. The molecule has 2 heterocycles. The first-order valence-electron chi connectivity index (χ1n) is 6.19. The van der Waals surface area contributed by atoms with Gasteiger partial charge in [-0.25, -0.2) is 0 Å². The number of anilines is 1. The van der Waals surface area contributed by atoms with Crippen molar-refractivity contribution in [3.8, 4) is 6.07 Å². The average molecular weight is 233 g/mol. The van der Waals surface area contributed by atoms with Crippen LogP contribution < -0.4 is 5.73 Å². The van der Waals surface area contributed by atoms with Crippen molar-refractivity contribution in [2.45, 2.75) is 38.3 Å². The van der Waals surface area contributed by atoms with Gasteiger partial charge in [0.1, 0.15) is 5.82 Å². The van der Waals surface area contributed by atoms with Gasteiger partial charge in [0.05, 0.1) is 18.2 Å². The standard InChI is InChI=1S/C12H19N5/c1-2-10(9-13)16-6-3-11(4-7-16)17-8-5-12(14)15-17/h5,8,10-11H,2-4,6-7H2,1H3,(H2,14,15). The van der Waals surface area contributed by atoms with Crippen molar-refractivity contribution in [2.24, 2.45) is 0 Å². The van der Waals surface area contributed by atoms with E-state index in [1.54, 1.807) is 0 Å². The molecule has 0 bridgehead atoms. The molecule has 1 aliphatic heterocycles. The fourth-order valence-electron chi connectivity index (χ4n) is 2.45. The summed E-state index contributed by atoms with van der Waals surface area (Å²) in [5.41, 5.74) is 5.62. The van der Waals surface area contributed by atoms with Gasteiger partial charge in [-0.1, -0.05) is 6.92 Å². The van der Waals surface area contributed by atoms with Crippen LogP contribution in [0.15, 0.2) is 12.3 Å². The van der Waals surface area contributed by atoms with Gasteiger partial charge < -0.3 is 5.73 Å². The summed E-state index contributed by atoms with van der Waals surface area (Å²) in [7, 11) is 0. The molecule has 2 rings (SSSR count). The Morgan fingerprint density at radius 1 is 1.59 bits per heavy atom. The van der Waals surface area contributed by atoms with Gasteiger partial charge in [-0.2, -0.15) is 10.4 Å². The number of nitrogens with two attached hydrogens (primary N) is 1. The zero-order chi connectivity index (χ0) is 12.3. The van der Waals surface area contributed by atoms with E-state index in [0.717, 1.165) is 32.4 Å². The lowest BCUT2D eigenvalue weighted by Crippen LogP contribution is -2.41. The van der Waals surface area contributed by atoms with Crippen molar-refractivity contribution in [1.29, 1.82) is 5.26 Å². The molecule has 92 valence electrons. The van der Waals surface area contributed by atoms with Crippen LogP contribution in [0.1, 0.15) is 32.2 Å². The maximum atomic E-state index is 9.04. The topological polar surface area (TPSA) is 70.9 Å². The molecule has 1 unspecified atom stereocenters. The lowest BCUT2D eigenvalue weighted by atomic mass is 10.0. The highest BCUT2D eigenvalue weighted by Gasteiger charge is 2.25. The van der Waals surface area contributed by atoms with Gasteiger partial charge in [0, 0.05) is 19.3 Å². The summed E-state index contributed by atoms with van der Waals surface area (Å²) in [5, 5.41) is 13.3. The van der Waals surface area contributed by atoms with Gasteiger partial charge in [0.25, 0.3) is 0 Å². The largest absolute Gasteiger partial charge is 0.382 e. The molecule has 5 heteroatoms. The highest BCUT2D eigenvalue weighted by atomic mass is 15.3. The Morgan fingerprint density at radius 2 is 2.29 bits per heavy atom. The molecule has 5 nitrogen and oxygen atoms in total. The first-order valence-corrected chi connectivity index (χ1v) is 6.19. The third kappa shape index (κ3) is 2.59. The van der Waals surface area contributed by atoms with E-state index < -0.39 is 0 Å². The van der Waals surface area contributed by atoms with E-state index in [0.29, 0.717) is 11.9 Å². The molecule has 1 atom stereocenters. The van der Waals surface area contributed by atoms with Crippen LogP contribution in [0.25, 0.3) is 0 Å². The number of nitriles is 1. The molecule has 17 heavy (non-hydrogen) atoms. The van der Waals surface area contributed by atoms with Crippen molar-refractivity contribution in [3.05, 3.63) is 12.3 Å². The summed E-state index contributed by atoms with van der Waals surface area (Å²) in [6.45, 7) is 4.00. The molecule has 0 radical (unpaired) electrons. The van der Waals surface area contributed by atoms with E-state index in [9.17, 15) is 0 Å².